The van der Waals surface area contributed by atoms with Gasteiger partial charge in [0.05, 0.1) is 17.7 Å². The van der Waals surface area contributed by atoms with Gasteiger partial charge < -0.3 is 10.5 Å². The van der Waals surface area contributed by atoms with Gasteiger partial charge in [0, 0.05) is 6.04 Å². The summed E-state index contributed by atoms with van der Waals surface area (Å²) in [5.41, 5.74) is 5.44. The number of hydrogen-bond acceptors (Lipinski definition) is 4. The lowest BCUT2D eigenvalue weighted by Crippen LogP contribution is -2.31. The van der Waals surface area contributed by atoms with Crippen LogP contribution in [0.3, 0.4) is 0 Å². The first-order valence-corrected chi connectivity index (χ1v) is 6.58. The molecule has 1 atom stereocenters. The summed E-state index contributed by atoms with van der Waals surface area (Å²) in [5.74, 6) is -1.00. The molecule has 0 amide bonds. The first-order valence-electron chi connectivity index (χ1n) is 5.09. The Labute approximate surface area is 105 Å². The molecule has 0 aliphatic rings. The van der Waals surface area contributed by atoms with E-state index in [0.29, 0.717) is 0 Å². The van der Waals surface area contributed by atoms with E-state index >= 15 is 0 Å². The van der Waals surface area contributed by atoms with Crippen molar-refractivity contribution in [2.24, 2.45) is 0 Å². The number of rotatable bonds is 5. The number of halogens is 1. The number of hydrogen-bond donors (Lipinski definition) is 2. The minimum Gasteiger partial charge on any atom is -0.492 e. The molecule has 1 aromatic rings. The number of sulfonamides is 1. The highest BCUT2D eigenvalue weighted by atomic mass is 32.2. The largest absolute Gasteiger partial charge is 0.492 e. The molecule has 5 nitrogen and oxygen atoms in total. The minimum absolute atomic E-state index is 0.0795. The molecular weight excluding hydrogens is 259 g/mol. The third-order valence-corrected chi connectivity index (χ3v) is 3.79. The quantitative estimate of drug-likeness (QED) is 0.626. The number of nitrogen functional groups attached to an aromatic ring is 1. The van der Waals surface area contributed by atoms with Crippen LogP contribution >= 0.6 is 0 Å². The first kappa shape index (κ1) is 14.5. The van der Waals surface area contributed by atoms with Gasteiger partial charge in [-0.2, -0.15) is 0 Å². The molecule has 0 aliphatic carbocycles. The van der Waals surface area contributed by atoms with Gasteiger partial charge in [-0.05, 0) is 19.1 Å². The number of benzene rings is 1. The van der Waals surface area contributed by atoms with E-state index in [0.717, 1.165) is 12.1 Å². The Balaban J connectivity index is 3.22. The fourth-order valence-electron chi connectivity index (χ4n) is 1.32. The molecule has 0 saturated heterocycles. The highest BCUT2D eigenvalue weighted by molar-refractivity contribution is 7.89. The molecule has 0 radical (unpaired) electrons. The molecule has 1 aromatic carbocycles. The van der Waals surface area contributed by atoms with Crippen molar-refractivity contribution in [3.05, 3.63) is 30.6 Å². The first-order chi connectivity index (χ1) is 8.31. The molecule has 0 aliphatic heterocycles. The summed E-state index contributed by atoms with van der Waals surface area (Å²) in [6.07, 6.45) is 1.42. The smallest absolute Gasteiger partial charge is 0.241 e. The topological polar surface area (TPSA) is 81.4 Å². The zero-order chi connectivity index (χ0) is 13.9. The molecule has 0 fully saturated rings. The second kappa shape index (κ2) is 5.36. The predicted molar refractivity (Wildman–Crippen MR) is 67.3 cm³/mol. The summed E-state index contributed by atoms with van der Waals surface area (Å²) in [4.78, 5) is -0.257. The average molecular weight is 274 g/mol. The van der Waals surface area contributed by atoms with Crippen LogP contribution in [0.2, 0.25) is 0 Å². The van der Waals surface area contributed by atoms with Crippen molar-refractivity contribution in [1.82, 2.24) is 4.72 Å². The van der Waals surface area contributed by atoms with E-state index in [4.69, 9.17) is 10.5 Å². The molecule has 1 rings (SSSR count). The Morgan fingerprint density at radius 3 is 2.61 bits per heavy atom. The molecule has 0 saturated carbocycles. The Kier molecular flexibility index (Phi) is 4.31. The Morgan fingerprint density at radius 1 is 1.56 bits per heavy atom. The summed E-state index contributed by atoms with van der Waals surface area (Å²) < 4.78 is 44.3. The molecular formula is C11H15FN2O3S. The van der Waals surface area contributed by atoms with E-state index < -0.39 is 21.9 Å². The highest BCUT2D eigenvalue weighted by Gasteiger charge is 2.20. The molecule has 0 aromatic heterocycles. The third kappa shape index (κ3) is 2.99. The van der Waals surface area contributed by atoms with Gasteiger partial charge in [0.1, 0.15) is 0 Å². The van der Waals surface area contributed by atoms with Crippen LogP contribution in [0.15, 0.2) is 29.7 Å². The number of methoxy groups -OCH3 is 1. The highest BCUT2D eigenvalue weighted by Crippen LogP contribution is 2.28. The van der Waals surface area contributed by atoms with E-state index in [1.54, 1.807) is 6.92 Å². The van der Waals surface area contributed by atoms with Crippen LogP contribution in [0.5, 0.6) is 5.75 Å². The summed E-state index contributed by atoms with van der Waals surface area (Å²) >= 11 is 0. The normalized spacial score (nSPS) is 13.1. The number of nitrogens with two attached hydrogens (primary N) is 1. The lowest BCUT2D eigenvalue weighted by atomic mass is 10.3. The van der Waals surface area contributed by atoms with Crippen LogP contribution in [-0.4, -0.2) is 21.6 Å². The van der Waals surface area contributed by atoms with Gasteiger partial charge in [-0.15, -0.1) is 6.58 Å². The van der Waals surface area contributed by atoms with Crippen molar-refractivity contribution >= 4 is 15.7 Å². The van der Waals surface area contributed by atoms with E-state index in [1.165, 1.54) is 13.2 Å². The SMILES string of the molecule is C=CC(C)NS(=O)(=O)c1cc(N)c(OC)c(F)c1. The second-order valence-electron chi connectivity index (χ2n) is 3.67. The molecule has 0 heterocycles. The van der Waals surface area contributed by atoms with Crippen LogP contribution in [0, 0.1) is 5.82 Å². The van der Waals surface area contributed by atoms with Gasteiger partial charge in [-0.3, -0.25) is 0 Å². The number of ether oxygens (including phenoxy) is 1. The van der Waals surface area contributed by atoms with Gasteiger partial charge in [0.25, 0.3) is 0 Å². The Bertz CT molecular complexity index is 534. The zero-order valence-electron chi connectivity index (χ0n) is 10.1. The fourth-order valence-corrected chi connectivity index (χ4v) is 2.58. The molecule has 18 heavy (non-hydrogen) atoms. The second-order valence-corrected chi connectivity index (χ2v) is 5.39. The monoisotopic (exact) mass is 274 g/mol. The van der Waals surface area contributed by atoms with Crippen molar-refractivity contribution in [1.29, 1.82) is 0 Å². The van der Waals surface area contributed by atoms with Crippen LogP contribution in [0.4, 0.5) is 10.1 Å². The molecule has 0 spiro atoms. The molecule has 1 unspecified atom stereocenters. The fraction of sp³-hybridized carbons (Fsp3) is 0.273. The van der Waals surface area contributed by atoms with Gasteiger partial charge in [-0.1, -0.05) is 6.08 Å². The van der Waals surface area contributed by atoms with E-state index in [9.17, 15) is 12.8 Å². The van der Waals surface area contributed by atoms with Crippen molar-refractivity contribution in [2.45, 2.75) is 17.9 Å². The maximum atomic E-state index is 13.5. The van der Waals surface area contributed by atoms with Gasteiger partial charge >= 0.3 is 0 Å². The lowest BCUT2D eigenvalue weighted by molar-refractivity contribution is 0.388. The van der Waals surface area contributed by atoms with Crippen molar-refractivity contribution < 1.29 is 17.5 Å². The van der Waals surface area contributed by atoms with E-state index in [-0.39, 0.29) is 16.3 Å². The number of nitrogens with one attached hydrogen (secondary N) is 1. The van der Waals surface area contributed by atoms with Gasteiger partial charge in [0.15, 0.2) is 11.6 Å². The maximum absolute atomic E-state index is 13.5. The summed E-state index contributed by atoms with van der Waals surface area (Å²) in [7, 11) is -2.59. The summed E-state index contributed by atoms with van der Waals surface area (Å²) in [5, 5.41) is 0. The predicted octanol–water partition coefficient (Wildman–Crippen LogP) is 1.27. The summed E-state index contributed by atoms with van der Waals surface area (Å²) in [6, 6.07) is 1.52. The molecule has 100 valence electrons. The van der Waals surface area contributed by atoms with Crippen molar-refractivity contribution in [2.75, 3.05) is 12.8 Å². The summed E-state index contributed by atoms with van der Waals surface area (Å²) in [6.45, 7) is 5.06. The standard InChI is InChI=1S/C11H15FN2O3S/c1-4-7(2)14-18(15,16)8-5-9(12)11(17-3)10(13)6-8/h4-7,14H,1,13H2,2-3H3. The lowest BCUT2D eigenvalue weighted by Gasteiger charge is -2.12. The minimum atomic E-state index is -3.84. The van der Waals surface area contributed by atoms with E-state index in [2.05, 4.69) is 11.3 Å². The zero-order valence-corrected chi connectivity index (χ0v) is 10.9. The Hall–Kier alpha value is -1.60. The Morgan fingerprint density at radius 2 is 2.17 bits per heavy atom. The van der Waals surface area contributed by atoms with Crippen molar-refractivity contribution in [3.8, 4) is 5.75 Å². The number of anilines is 1. The third-order valence-electron chi connectivity index (χ3n) is 2.25. The van der Waals surface area contributed by atoms with Gasteiger partial charge in [-0.25, -0.2) is 17.5 Å². The van der Waals surface area contributed by atoms with Crippen LogP contribution in [0.25, 0.3) is 0 Å². The van der Waals surface area contributed by atoms with Crippen molar-refractivity contribution in [3.63, 3.8) is 0 Å². The average Bonchev–Trinajstić information content (AvgIpc) is 2.27. The van der Waals surface area contributed by atoms with Crippen LogP contribution in [-0.2, 0) is 10.0 Å². The maximum Gasteiger partial charge on any atom is 0.241 e. The van der Waals surface area contributed by atoms with E-state index in [1.807, 2.05) is 0 Å². The van der Waals surface area contributed by atoms with Crippen LogP contribution < -0.4 is 15.2 Å². The van der Waals surface area contributed by atoms with Gasteiger partial charge in [0.2, 0.25) is 10.0 Å². The van der Waals surface area contributed by atoms with Crippen LogP contribution in [0.1, 0.15) is 6.92 Å². The molecule has 7 heteroatoms. The molecule has 0 bridgehead atoms. The molecule has 3 N–H and O–H groups in total.